The standard InChI is InChI=1S/C11H25NO3/c1-12-6-3-8-14-10-5-11-15-9-4-7-13-2/h12H,3-11H2,1-2H3. The molecule has 0 atom stereocenters. The largest absolute Gasteiger partial charge is 0.385 e. The summed E-state index contributed by atoms with van der Waals surface area (Å²) in [4.78, 5) is 0. The fourth-order valence-electron chi connectivity index (χ4n) is 1.12. The van der Waals surface area contributed by atoms with Crippen LogP contribution in [0.3, 0.4) is 0 Å². The second-order valence-corrected chi connectivity index (χ2v) is 3.38. The van der Waals surface area contributed by atoms with Gasteiger partial charge in [0.15, 0.2) is 0 Å². The summed E-state index contributed by atoms with van der Waals surface area (Å²) in [6.07, 6.45) is 3.03. The van der Waals surface area contributed by atoms with E-state index < -0.39 is 0 Å². The first-order valence-electron chi connectivity index (χ1n) is 5.71. The molecule has 0 amide bonds. The number of rotatable bonds is 12. The molecule has 1 N–H and O–H groups in total. The molecule has 15 heavy (non-hydrogen) atoms. The van der Waals surface area contributed by atoms with Gasteiger partial charge in [-0.05, 0) is 32.9 Å². The predicted octanol–water partition coefficient (Wildman–Crippen LogP) is 1.06. The highest BCUT2D eigenvalue weighted by Crippen LogP contribution is 1.89. The molecule has 0 fully saturated rings. The Bertz CT molecular complexity index is 100. The highest BCUT2D eigenvalue weighted by molar-refractivity contribution is 4.41. The van der Waals surface area contributed by atoms with Crippen molar-refractivity contribution in [1.82, 2.24) is 5.32 Å². The monoisotopic (exact) mass is 219 g/mol. The Kier molecular flexibility index (Phi) is 13.7. The van der Waals surface area contributed by atoms with E-state index in [4.69, 9.17) is 14.2 Å². The lowest BCUT2D eigenvalue weighted by Gasteiger charge is -2.05. The molecule has 0 heterocycles. The molecule has 0 aliphatic heterocycles. The van der Waals surface area contributed by atoms with Crippen molar-refractivity contribution < 1.29 is 14.2 Å². The molecule has 0 unspecified atom stereocenters. The van der Waals surface area contributed by atoms with Crippen molar-refractivity contribution in [2.45, 2.75) is 19.3 Å². The molecule has 4 nitrogen and oxygen atoms in total. The lowest BCUT2D eigenvalue weighted by atomic mass is 10.4. The van der Waals surface area contributed by atoms with Gasteiger partial charge in [-0.1, -0.05) is 0 Å². The average molecular weight is 219 g/mol. The van der Waals surface area contributed by atoms with Crippen molar-refractivity contribution >= 4 is 0 Å². The van der Waals surface area contributed by atoms with Gasteiger partial charge in [0.05, 0.1) is 0 Å². The minimum absolute atomic E-state index is 0.778. The van der Waals surface area contributed by atoms with Gasteiger partial charge in [-0.15, -0.1) is 0 Å². The summed E-state index contributed by atoms with van der Waals surface area (Å²) in [5.74, 6) is 0. The van der Waals surface area contributed by atoms with E-state index in [0.717, 1.165) is 58.8 Å². The van der Waals surface area contributed by atoms with Crippen molar-refractivity contribution in [2.75, 3.05) is 53.7 Å². The molecule has 0 aliphatic carbocycles. The Morgan fingerprint density at radius 1 is 0.800 bits per heavy atom. The quantitative estimate of drug-likeness (QED) is 0.498. The van der Waals surface area contributed by atoms with Crippen molar-refractivity contribution in [3.05, 3.63) is 0 Å². The van der Waals surface area contributed by atoms with Gasteiger partial charge >= 0.3 is 0 Å². The highest BCUT2D eigenvalue weighted by atomic mass is 16.5. The van der Waals surface area contributed by atoms with Crippen LogP contribution in [0.1, 0.15) is 19.3 Å². The van der Waals surface area contributed by atoms with Crippen LogP contribution in [0.15, 0.2) is 0 Å². The Hall–Kier alpha value is -0.160. The average Bonchev–Trinajstić information content (AvgIpc) is 2.26. The third-order valence-electron chi connectivity index (χ3n) is 1.93. The Labute approximate surface area is 93.3 Å². The Balaban J connectivity index is 2.81. The zero-order chi connectivity index (χ0) is 11.2. The maximum absolute atomic E-state index is 5.42. The molecule has 0 aromatic rings. The van der Waals surface area contributed by atoms with Gasteiger partial charge in [0, 0.05) is 40.1 Å². The molecule has 0 spiro atoms. The molecular formula is C11H25NO3. The lowest BCUT2D eigenvalue weighted by molar-refractivity contribution is 0.0711. The van der Waals surface area contributed by atoms with Crippen molar-refractivity contribution in [3.63, 3.8) is 0 Å². The van der Waals surface area contributed by atoms with Crippen LogP contribution in [-0.4, -0.2) is 53.7 Å². The van der Waals surface area contributed by atoms with Crippen LogP contribution < -0.4 is 5.32 Å². The number of hydrogen-bond donors (Lipinski definition) is 1. The summed E-state index contributed by atoms with van der Waals surface area (Å²) >= 11 is 0. The van der Waals surface area contributed by atoms with Gasteiger partial charge in [-0.25, -0.2) is 0 Å². The first-order chi connectivity index (χ1) is 7.41. The zero-order valence-corrected chi connectivity index (χ0v) is 10.1. The Morgan fingerprint density at radius 2 is 1.33 bits per heavy atom. The topological polar surface area (TPSA) is 39.7 Å². The van der Waals surface area contributed by atoms with Crippen LogP contribution in [0.5, 0.6) is 0 Å². The van der Waals surface area contributed by atoms with E-state index in [1.165, 1.54) is 0 Å². The van der Waals surface area contributed by atoms with E-state index in [2.05, 4.69) is 5.32 Å². The fraction of sp³-hybridized carbons (Fsp3) is 1.00. The van der Waals surface area contributed by atoms with Gasteiger partial charge in [0.1, 0.15) is 0 Å². The van der Waals surface area contributed by atoms with Gasteiger partial charge < -0.3 is 19.5 Å². The molecule has 0 aromatic heterocycles. The molecule has 0 saturated heterocycles. The zero-order valence-electron chi connectivity index (χ0n) is 10.1. The highest BCUT2D eigenvalue weighted by Gasteiger charge is 1.91. The van der Waals surface area contributed by atoms with Crippen LogP contribution >= 0.6 is 0 Å². The normalized spacial score (nSPS) is 10.8. The first-order valence-corrected chi connectivity index (χ1v) is 5.71. The number of nitrogens with one attached hydrogen (secondary N) is 1. The smallest absolute Gasteiger partial charge is 0.0488 e. The van der Waals surface area contributed by atoms with Crippen molar-refractivity contribution in [3.8, 4) is 0 Å². The van der Waals surface area contributed by atoms with E-state index >= 15 is 0 Å². The van der Waals surface area contributed by atoms with Crippen LogP contribution in [0.4, 0.5) is 0 Å². The van der Waals surface area contributed by atoms with Gasteiger partial charge in [0.2, 0.25) is 0 Å². The maximum Gasteiger partial charge on any atom is 0.0488 e. The second kappa shape index (κ2) is 13.8. The minimum Gasteiger partial charge on any atom is -0.385 e. The Morgan fingerprint density at radius 3 is 1.87 bits per heavy atom. The first kappa shape index (κ1) is 14.8. The molecule has 0 saturated carbocycles. The summed E-state index contributed by atoms with van der Waals surface area (Å²) in [5.41, 5.74) is 0. The van der Waals surface area contributed by atoms with E-state index in [-0.39, 0.29) is 0 Å². The van der Waals surface area contributed by atoms with E-state index in [0.29, 0.717) is 0 Å². The molecule has 0 aromatic carbocycles. The summed E-state index contributed by atoms with van der Waals surface area (Å²) < 4.78 is 15.7. The minimum atomic E-state index is 0.778. The summed E-state index contributed by atoms with van der Waals surface area (Å²) in [6, 6.07) is 0. The van der Waals surface area contributed by atoms with Gasteiger partial charge in [0.25, 0.3) is 0 Å². The molecule has 92 valence electrons. The summed E-state index contributed by atoms with van der Waals surface area (Å²) in [7, 11) is 3.66. The summed E-state index contributed by atoms with van der Waals surface area (Å²) in [5, 5.41) is 3.08. The van der Waals surface area contributed by atoms with E-state index in [1.54, 1.807) is 7.11 Å². The molecule has 0 bridgehead atoms. The van der Waals surface area contributed by atoms with Crippen LogP contribution in [0.2, 0.25) is 0 Å². The SMILES string of the molecule is CNCCCOCCCOCCCOC. The van der Waals surface area contributed by atoms with Crippen LogP contribution in [-0.2, 0) is 14.2 Å². The molecule has 0 rings (SSSR count). The lowest BCUT2D eigenvalue weighted by Crippen LogP contribution is -2.11. The molecular weight excluding hydrogens is 194 g/mol. The van der Waals surface area contributed by atoms with E-state index in [1.807, 2.05) is 7.05 Å². The number of methoxy groups -OCH3 is 1. The maximum atomic E-state index is 5.42. The second-order valence-electron chi connectivity index (χ2n) is 3.38. The third kappa shape index (κ3) is 13.8. The molecule has 4 heteroatoms. The number of ether oxygens (including phenoxy) is 3. The van der Waals surface area contributed by atoms with Gasteiger partial charge in [-0.3, -0.25) is 0 Å². The molecule has 0 aliphatic rings. The van der Waals surface area contributed by atoms with Crippen LogP contribution in [0.25, 0.3) is 0 Å². The predicted molar refractivity (Wildman–Crippen MR) is 61.3 cm³/mol. The third-order valence-corrected chi connectivity index (χ3v) is 1.93. The van der Waals surface area contributed by atoms with E-state index in [9.17, 15) is 0 Å². The number of hydrogen-bond acceptors (Lipinski definition) is 4. The van der Waals surface area contributed by atoms with Crippen molar-refractivity contribution in [2.24, 2.45) is 0 Å². The fourth-order valence-corrected chi connectivity index (χ4v) is 1.12. The summed E-state index contributed by atoms with van der Waals surface area (Å²) in [6.45, 7) is 5.01. The molecule has 0 radical (unpaired) electrons. The van der Waals surface area contributed by atoms with Crippen LogP contribution in [0, 0.1) is 0 Å². The van der Waals surface area contributed by atoms with Crippen molar-refractivity contribution in [1.29, 1.82) is 0 Å². The van der Waals surface area contributed by atoms with Gasteiger partial charge in [-0.2, -0.15) is 0 Å².